The van der Waals surface area contributed by atoms with E-state index in [-0.39, 0.29) is 30.0 Å². The summed E-state index contributed by atoms with van der Waals surface area (Å²) in [5.74, 6) is -1.26. The first-order valence-electron chi connectivity index (χ1n) is 8.91. The molecule has 2 heterocycles. The standard InChI is InChI=1S/C19H21FN2O4S/c20-14-5-3-4-13(10-14)11-16-18(25)22(19(26)27-16)12-17(24)21-8-2-1-6-15(21)7-9-23/h3-5,10-11,15,23H,1-2,6-9,12H2. The van der Waals surface area contributed by atoms with Gasteiger partial charge >= 0.3 is 0 Å². The van der Waals surface area contributed by atoms with Crippen LogP contribution in [0.15, 0.2) is 29.2 Å². The van der Waals surface area contributed by atoms with Crippen molar-refractivity contribution in [1.29, 1.82) is 0 Å². The number of halogens is 1. The van der Waals surface area contributed by atoms with Gasteiger partial charge in [0.25, 0.3) is 11.1 Å². The normalized spacial score (nSPS) is 22.0. The maximum Gasteiger partial charge on any atom is 0.294 e. The van der Waals surface area contributed by atoms with Gasteiger partial charge in [-0.2, -0.15) is 0 Å². The Bertz CT molecular complexity index is 781. The predicted octanol–water partition coefficient (Wildman–Crippen LogP) is 2.63. The maximum atomic E-state index is 13.3. The highest BCUT2D eigenvalue weighted by Gasteiger charge is 2.38. The second kappa shape index (κ2) is 8.67. The molecule has 1 atom stereocenters. The van der Waals surface area contributed by atoms with E-state index in [9.17, 15) is 23.9 Å². The van der Waals surface area contributed by atoms with Crippen LogP contribution < -0.4 is 0 Å². The van der Waals surface area contributed by atoms with Crippen LogP contribution in [0.5, 0.6) is 0 Å². The lowest BCUT2D eigenvalue weighted by molar-refractivity contribution is -0.139. The van der Waals surface area contributed by atoms with Gasteiger partial charge in [-0.1, -0.05) is 12.1 Å². The Morgan fingerprint density at radius 1 is 1.33 bits per heavy atom. The minimum Gasteiger partial charge on any atom is -0.396 e. The van der Waals surface area contributed by atoms with E-state index in [1.807, 2.05) is 0 Å². The largest absolute Gasteiger partial charge is 0.396 e. The average Bonchev–Trinajstić information content (AvgIpc) is 2.90. The zero-order chi connectivity index (χ0) is 19.4. The molecule has 0 radical (unpaired) electrons. The monoisotopic (exact) mass is 392 g/mol. The molecule has 1 N–H and O–H groups in total. The number of aliphatic hydroxyl groups is 1. The molecule has 8 heteroatoms. The molecule has 1 aromatic rings. The van der Waals surface area contributed by atoms with Gasteiger partial charge in [0, 0.05) is 19.2 Å². The molecular weight excluding hydrogens is 371 g/mol. The summed E-state index contributed by atoms with van der Waals surface area (Å²) in [4.78, 5) is 40.2. The quantitative estimate of drug-likeness (QED) is 0.780. The number of piperidine rings is 1. The number of thioether (sulfide) groups is 1. The van der Waals surface area contributed by atoms with Gasteiger partial charge < -0.3 is 10.0 Å². The van der Waals surface area contributed by atoms with Crippen molar-refractivity contribution in [2.75, 3.05) is 19.7 Å². The SMILES string of the molecule is O=C1SC(=Cc2cccc(F)c2)C(=O)N1CC(=O)N1CCCCC1CCO. The molecule has 2 saturated heterocycles. The zero-order valence-electron chi connectivity index (χ0n) is 14.8. The van der Waals surface area contributed by atoms with Crippen LogP contribution in [0.25, 0.3) is 6.08 Å². The van der Waals surface area contributed by atoms with Gasteiger partial charge in [0.1, 0.15) is 12.4 Å². The minimum absolute atomic E-state index is 0.00754. The number of aliphatic hydroxyl groups excluding tert-OH is 1. The van der Waals surface area contributed by atoms with E-state index in [2.05, 4.69) is 0 Å². The molecule has 2 aliphatic rings. The third kappa shape index (κ3) is 4.56. The first-order chi connectivity index (χ1) is 13.0. The van der Waals surface area contributed by atoms with Crippen LogP contribution in [-0.4, -0.2) is 57.7 Å². The van der Waals surface area contributed by atoms with Crippen LogP contribution in [0, 0.1) is 5.82 Å². The van der Waals surface area contributed by atoms with E-state index in [1.54, 1.807) is 11.0 Å². The fourth-order valence-electron chi connectivity index (χ4n) is 3.39. The first-order valence-corrected chi connectivity index (χ1v) is 9.72. The Hall–Kier alpha value is -2.19. The molecule has 1 aromatic carbocycles. The molecule has 0 aliphatic carbocycles. The van der Waals surface area contributed by atoms with Crippen LogP contribution in [0.1, 0.15) is 31.2 Å². The topological polar surface area (TPSA) is 77.9 Å². The minimum atomic E-state index is -0.543. The Labute approximate surface area is 161 Å². The number of imide groups is 1. The lowest BCUT2D eigenvalue weighted by atomic mass is 9.99. The number of amides is 3. The molecule has 27 heavy (non-hydrogen) atoms. The van der Waals surface area contributed by atoms with Crippen molar-refractivity contribution in [3.05, 3.63) is 40.6 Å². The highest BCUT2D eigenvalue weighted by molar-refractivity contribution is 8.18. The summed E-state index contributed by atoms with van der Waals surface area (Å²) in [5, 5.41) is 8.68. The number of rotatable bonds is 5. The van der Waals surface area contributed by atoms with Gasteiger partial charge in [-0.15, -0.1) is 0 Å². The van der Waals surface area contributed by atoms with Gasteiger partial charge in [-0.05, 0) is 61.2 Å². The molecule has 0 saturated carbocycles. The lowest BCUT2D eigenvalue weighted by Crippen LogP contribution is -2.49. The molecule has 1 unspecified atom stereocenters. The van der Waals surface area contributed by atoms with E-state index in [0.717, 1.165) is 35.9 Å². The fourth-order valence-corrected chi connectivity index (χ4v) is 4.23. The Morgan fingerprint density at radius 2 is 2.15 bits per heavy atom. The van der Waals surface area contributed by atoms with Crippen molar-refractivity contribution >= 4 is 34.9 Å². The van der Waals surface area contributed by atoms with Crippen LogP contribution in [0.2, 0.25) is 0 Å². The van der Waals surface area contributed by atoms with Gasteiger partial charge in [-0.3, -0.25) is 19.3 Å². The number of carbonyl (C=O) groups excluding carboxylic acids is 3. The van der Waals surface area contributed by atoms with Crippen molar-refractivity contribution < 1.29 is 23.9 Å². The van der Waals surface area contributed by atoms with E-state index in [1.165, 1.54) is 24.3 Å². The van der Waals surface area contributed by atoms with Gasteiger partial charge in [0.15, 0.2) is 0 Å². The third-order valence-corrected chi connectivity index (χ3v) is 5.63. The van der Waals surface area contributed by atoms with Gasteiger partial charge in [0.2, 0.25) is 5.91 Å². The molecule has 3 rings (SSSR count). The number of likely N-dealkylation sites (tertiary alicyclic amines) is 1. The summed E-state index contributed by atoms with van der Waals surface area (Å²) < 4.78 is 13.3. The predicted molar refractivity (Wildman–Crippen MR) is 100 cm³/mol. The number of hydrogen-bond donors (Lipinski definition) is 1. The number of carbonyl (C=O) groups is 3. The molecular formula is C19H21FN2O4S. The molecule has 2 aliphatic heterocycles. The summed E-state index contributed by atoms with van der Waals surface area (Å²) in [5.41, 5.74) is 0.478. The van der Waals surface area contributed by atoms with Crippen LogP contribution in [0.3, 0.4) is 0 Å². The maximum absolute atomic E-state index is 13.3. The molecule has 0 bridgehead atoms. The Morgan fingerprint density at radius 3 is 2.89 bits per heavy atom. The second-order valence-electron chi connectivity index (χ2n) is 6.57. The highest BCUT2D eigenvalue weighted by atomic mass is 32.2. The van der Waals surface area contributed by atoms with Crippen molar-refractivity contribution in [3.63, 3.8) is 0 Å². The van der Waals surface area contributed by atoms with E-state index in [4.69, 9.17) is 0 Å². The fraction of sp³-hybridized carbons (Fsp3) is 0.421. The molecule has 144 valence electrons. The van der Waals surface area contributed by atoms with Gasteiger partial charge in [-0.25, -0.2) is 4.39 Å². The summed E-state index contributed by atoms with van der Waals surface area (Å²) in [6.07, 6.45) is 4.62. The van der Waals surface area contributed by atoms with Crippen molar-refractivity contribution in [2.24, 2.45) is 0 Å². The summed E-state index contributed by atoms with van der Waals surface area (Å²) in [7, 11) is 0. The zero-order valence-corrected chi connectivity index (χ0v) is 15.6. The van der Waals surface area contributed by atoms with E-state index in [0.29, 0.717) is 18.5 Å². The summed E-state index contributed by atoms with van der Waals surface area (Å²) >= 11 is 0.748. The third-order valence-electron chi connectivity index (χ3n) is 4.72. The van der Waals surface area contributed by atoms with Crippen LogP contribution in [0.4, 0.5) is 9.18 Å². The molecule has 0 spiro atoms. The summed E-state index contributed by atoms with van der Waals surface area (Å²) in [6.45, 7) is 0.248. The first kappa shape index (κ1) is 19.6. The van der Waals surface area contributed by atoms with Crippen molar-refractivity contribution in [1.82, 2.24) is 9.80 Å². The molecule has 2 fully saturated rings. The molecule has 3 amide bonds. The second-order valence-corrected chi connectivity index (χ2v) is 7.57. The van der Waals surface area contributed by atoms with Crippen LogP contribution >= 0.6 is 11.8 Å². The average molecular weight is 392 g/mol. The van der Waals surface area contributed by atoms with Crippen molar-refractivity contribution in [3.8, 4) is 0 Å². The Kier molecular flexibility index (Phi) is 6.28. The number of benzene rings is 1. The lowest BCUT2D eigenvalue weighted by Gasteiger charge is -2.36. The van der Waals surface area contributed by atoms with Gasteiger partial charge in [0.05, 0.1) is 4.91 Å². The molecule has 6 nitrogen and oxygen atoms in total. The highest BCUT2D eigenvalue weighted by Crippen LogP contribution is 2.32. The van der Waals surface area contributed by atoms with Crippen LogP contribution in [-0.2, 0) is 9.59 Å². The number of nitrogens with zero attached hydrogens (tertiary/aromatic N) is 2. The summed E-state index contributed by atoms with van der Waals surface area (Å²) in [6, 6.07) is 5.66. The number of hydrogen-bond acceptors (Lipinski definition) is 5. The molecule has 0 aromatic heterocycles. The van der Waals surface area contributed by atoms with E-state index < -0.39 is 17.0 Å². The van der Waals surface area contributed by atoms with E-state index >= 15 is 0 Å². The smallest absolute Gasteiger partial charge is 0.294 e. The van der Waals surface area contributed by atoms with Crippen molar-refractivity contribution in [2.45, 2.75) is 31.7 Å². The Balaban J connectivity index is 1.70.